The summed E-state index contributed by atoms with van der Waals surface area (Å²) in [5, 5.41) is 3.47. The van der Waals surface area contributed by atoms with E-state index in [1.54, 1.807) is 29.7 Å². The Kier molecular flexibility index (Phi) is 3.98. The number of thiazole rings is 1. The molecule has 0 atom stereocenters. The largest absolute Gasteiger partial charge is 0.345 e. The van der Waals surface area contributed by atoms with Crippen LogP contribution in [0.3, 0.4) is 0 Å². The van der Waals surface area contributed by atoms with Gasteiger partial charge in [0.2, 0.25) is 10.0 Å². The van der Waals surface area contributed by atoms with Gasteiger partial charge in [0, 0.05) is 29.1 Å². The highest BCUT2D eigenvalue weighted by Gasteiger charge is 2.19. The molecular weight excluding hydrogens is 320 g/mol. The molecule has 0 spiro atoms. The maximum atomic E-state index is 12.4. The summed E-state index contributed by atoms with van der Waals surface area (Å²) in [4.78, 5) is 11.6. The average Bonchev–Trinajstić information content (AvgIpc) is 3.12. The predicted octanol–water partition coefficient (Wildman–Crippen LogP) is 2.62. The number of sulfonamides is 1. The van der Waals surface area contributed by atoms with E-state index in [0.29, 0.717) is 17.0 Å². The Morgan fingerprint density at radius 1 is 1.41 bits per heavy atom. The number of hydrogen-bond acceptors (Lipinski definition) is 5. The summed E-state index contributed by atoms with van der Waals surface area (Å²) in [6.07, 6.45) is 3.08. The minimum Gasteiger partial charge on any atom is -0.345 e. The van der Waals surface area contributed by atoms with Crippen molar-refractivity contribution in [2.75, 3.05) is 0 Å². The molecular formula is C14H16N4O2S2. The fourth-order valence-electron chi connectivity index (χ4n) is 2.07. The van der Waals surface area contributed by atoms with E-state index >= 15 is 0 Å². The molecule has 3 aromatic heterocycles. The molecule has 0 unspecified atom stereocenters. The third-order valence-electron chi connectivity index (χ3n) is 3.21. The zero-order chi connectivity index (χ0) is 15.7. The quantitative estimate of drug-likeness (QED) is 0.750. The number of nitrogens with zero attached hydrogens (tertiary/aromatic N) is 2. The SMILES string of the molecule is CC(C)c1nc(CNS(=O)(=O)c2c[nH]c3ncccc23)cs1. The molecule has 22 heavy (non-hydrogen) atoms. The van der Waals surface area contributed by atoms with Crippen molar-refractivity contribution in [3.63, 3.8) is 0 Å². The number of hydrogen-bond donors (Lipinski definition) is 2. The van der Waals surface area contributed by atoms with Crippen LogP contribution >= 0.6 is 11.3 Å². The Bertz CT molecular complexity index is 896. The molecule has 116 valence electrons. The first-order valence-electron chi connectivity index (χ1n) is 6.83. The standard InChI is InChI=1S/C14H16N4O2S2/c1-9(2)14-18-10(8-21-14)6-17-22(19,20)12-7-16-13-11(12)4-3-5-15-13/h3-5,7-9,17H,6H2,1-2H3,(H,15,16). The van der Waals surface area contributed by atoms with Gasteiger partial charge in [-0.15, -0.1) is 11.3 Å². The van der Waals surface area contributed by atoms with E-state index in [2.05, 4.69) is 33.5 Å². The molecule has 0 fully saturated rings. The van der Waals surface area contributed by atoms with Gasteiger partial charge in [-0.05, 0) is 12.1 Å². The van der Waals surface area contributed by atoms with Gasteiger partial charge in [-0.25, -0.2) is 23.1 Å². The predicted molar refractivity (Wildman–Crippen MR) is 86.3 cm³/mol. The van der Waals surface area contributed by atoms with Gasteiger partial charge in [0.05, 0.1) is 17.2 Å². The van der Waals surface area contributed by atoms with Gasteiger partial charge in [0.15, 0.2) is 0 Å². The Balaban J connectivity index is 1.81. The topological polar surface area (TPSA) is 87.7 Å². The lowest BCUT2D eigenvalue weighted by Crippen LogP contribution is -2.23. The highest BCUT2D eigenvalue weighted by Crippen LogP contribution is 2.22. The van der Waals surface area contributed by atoms with E-state index in [-0.39, 0.29) is 11.4 Å². The van der Waals surface area contributed by atoms with Gasteiger partial charge in [-0.1, -0.05) is 13.8 Å². The summed E-state index contributed by atoms with van der Waals surface area (Å²) in [6, 6.07) is 3.44. The maximum Gasteiger partial charge on any atom is 0.243 e. The summed E-state index contributed by atoms with van der Waals surface area (Å²) in [5.41, 5.74) is 1.29. The minimum absolute atomic E-state index is 0.179. The van der Waals surface area contributed by atoms with Crippen molar-refractivity contribution in [3.05, 3.63) is 40.6 Å². The Morgan fingerprint density at radius 3 is 2.95 bits per heavy atom. The first-order chi connectivity index (χ1) is 10.5. The molecule has 2 N–H and O–H groups in total. The maximum absolute atomic E-state index is 12.4. The van der Waals surface area contributed by atoms with Gasteiger partial charge < -0.3 is 4.98 Å². The van der Waals surface area contributed by atoms with Crippen molar-refractivity contribution in [2.45, 2.75) is 31.2 Å². The lowest BCUT2D eigenvalue weighted by Gasteiger charge is -2.04. The van der Waals surface area contributed by atoms with Crippen molar-refractivity contribution in [2.24, 2.45) is 0 Å². The molecule has 8 heteroatoms. The molecule has 0 radical (unpaired) electrons. The number of aromatic amines is 1. The summed E-state index contributed by atoms with van der Waals surface area (Å²) < 4.78 is 27.5. The second-order valence-electron chi connectivity index (χ2n) is 5.21. The molecule has 6 nitrogen and oxygen atoms in total. The van der Waals surface area contributed by atoms with Gasteiger partial charge in [0.1, 0.15) is 10.5 Å². The summed E-state index contributed by atoms with van der Waals surface area (Å²) in [5.74, 6) is 0.343. The molecule has 0 aromatic carbocycles. The van der Waals surface area contributed by atoms with Gasteiger partial charge in [0.25, 0.3) is 0 Å². The van der Waals surface area contributed by atoms with Crippen LogP contribution in [0.25, 0.3) is 11.0 Å². The van der Waals surface area contributed by atoms with E-state index in [0.717, 1.165) is 10.7 Å². The zero-order valence-electron chi connectivity index (χ0n) is 12.2. The third kappa shape index (κ3) is 2.90. The number of pyridine rings is 1. The van der Waals surface area contributed by atoms with Gasteiger partial charge in [-0.3, -0.25) is 0 Å². The highest BCUT2D eigenvalue weighted by molar-refractivity contribution is 7.89. The lowest BCUT2D eigenvalue weighted by molar-refractivity contribution is 0.581. The van der Waals surface area contributed by atoms with Crippen LogP contribution in [0.2, 0.25) is 0 Å². The van der Waals surface area contributed by atoms with E-state index in [1.807, 2.05) is 5.38 Å². The Morgan fingerprint density at radius 2 is 2.23 bits per heavy atom. The monoisotopic (exact) mass is 336 g/mol. The minimum atomic E-state index is -3.61. The molecule has 0 bridgehead atoms. The van der Waals surface area contributed by atoms with Crippen LogP contribution in [0.15, 0.2) is 34.8 Å². The van der Waals surface area contributed by atoms with Crippen LogP contribution in [0.5, 0.6) is 0 Å². The molecule has 3 aromatic rings. The van der Waals surface area contributed by atoms with E-state index in [4.69, 9.17) is 0 Å². The third-order valence-corrected chi connectivity index (χ3v) is 5.84. The second kappa shape index (κ2) is 5.79. The van der Waals surface area contributed by atoms with Crippen molar-refractivity contribution >= 4 is 32.4 Å². The summed E-state index contributed by atoms with van der Waals surface area (Å²) >= 11 is 1.55. The van der Waals surface area contributed by atoms with Crippen LogP contribution in [0.1, 0.15) is 30.5 Å². The number of H-pyrrole nitrogens is 1. The number of fused-ring (bicyclic) bond motifs is 1. The van der Waals surface area contributed by atoms with Crippen LogP contribution in [0.4, 0.5) is 0 Å². The molecule has 0 aliphatic carbocycles. The molecule has 0 saturated carbocycles. The fraction of sp³-hybridized carbons (Fsp3) is 0.286. The fourth-order valence-corrected chi connectivity index (χ4v) is 4.07. The zero-order valence-corrected chi connectivity index (χ0v) is 13.8. The molecule has 3 rings (SSSR count). The molecule has 0 saturated heterocycles. The number of nitrogens with one attached hydrogen (secondary N) is 2. The van der Waals surface area contributed by atoms with E-state index in [1.165, 1.54) is 6.20 Å². The smallest absolute Gasteiger partial charge is 0.243 e. The van der Waals surface area contributed by atoms with Gasteiger partial charge in [-0.2, -0.15) is 0 Å². The molecule has 0 aliphatic rings. The molecule has 0 aliphatic heterocycles. The first-order valence-corrected chi connectivity index (χ1v) is 9.20. The Hall–Kier alpha value is -1.77. The summed E-state index contributed by atoms with van der Waals surface area (Å²) in [6.45, 7) is 4.30. The van der Waals surface area contributed by atoms with Crippen molar-refractivity contribution in [1.29, 1.82) is 0 Å². The average molecular weight is 336 g/mol. The highest BCUT2D eigenvalue weighted by atomic mass is 32.2. The van der Waals surface area contributed by atoms with Crippen molar-refractivity contribution in [3.8, 4) is 0 Å². The van der Waals surface area contributed by atoms with E-state index < -0.39 is 10.0 Å². The second-order valence-corrected chi connectivity index (χ2v) is 7.83. The van der Waals surface area contributed by atoms with Crippen LogP contribution in [0, 0.1) is 0 Å². The van der Waals surface area contributed by atoms with Crippen molar-refractivity contribution in [1.82, 2.24) is 19.7 Å². The normalized spacial score (nSPS) is 12.3. The molecule has 0 amide bonds. The number of rotatable bonds is 5. The Labute approximate surface area is 132 Å². The first kappa shape index (κ1) is 15.1. The summed E-state index contributed by atoms with van der Waals surface area (Å²) in [7, 11) is -3.61. The number of aromatic nitrogens is 3. The van der Waals surface area contributed by atoms with Crippen LogP contribution < -0.4 is 4.72 Å². The van der Waals surface area contributed by atoms with Crippen LogP contribution in [-0.4, -0.2) is 23.4 Å². The van der Waals surface area contributed by atoms with E-state index in [9.17, 15) is 8.42 Å². The van der Waals surface area contributed by atoms with Gasteiger partial charge >= 0.3 is 0 Å². The van der Waals surface area contributed by atoms with Crippen LogP contribution in [-0.2, 0) is 16.6 Å². The van der Waals surface area contributed by atoms with Crippen molar-refractivity contribution < 1.29 is 8.42 Å². The molecule has 3 heterocycles. The lowest BCUT2D eigenvalue weighted by atomic mass is 10.2.